The molecule has 0 spiro atoms. The van der Waals surface area contributed by atoms with Crippen molar-refractivity contribution >= 4 is 0 Å². The SMILES string of the molecule is CCNC(CC(C)COC)c1cccnc1. The lowest BCUT2D eigenvalue weighted by atomic mass is 9.97. The van der Waals surface area contributed by atoms with E-state index in [1.54, 1.807) is 7.11 Å². The molecule has 90 valence electrons. The van der Waals surface area contributed by atoms with Crippen molar-refractivity contribution in [1.29, 1.82) is 0 Å². The van der Waals surface area contributed by atoms with Crippen molar-refractivity contribution in [2.45, 2.75) is 26.3 Å². The number of aromatic nitrogens is 1. The van der Waals surface area contributed by atoms with Gasteiger partial charge < -0.3 is 10.1 Å². The van der Waals surface area contributed by atoms with Crippen LogP contribution in [0.15, 0.2) is 24.5 Å². The van der Waals surface area contributed by atoms with Gasteiger partial charge in [0, 0.05) is 32.2 Å². The number of pyridine rings is 1. The van der Waals surface area contributed by atoms with Crippen LogP contribution in [-0.2, 0) is 4.74 Å². The first-order valence-electron chi connectivity index (χ1n) is 5.90. The fourth-order valence-corrected chi connectivity index (χ4v) is 1.92. The molecule has 1 aromatic heterocycles. The first kappa shape index (κ1) is 13.1. The van der Waals surface area contributed by atoms with Gasteiger partial charge in [0.1, 0.15) is 0 Å². The second kappa shape index (κ2) is 7.36. The van der Waals surface area contributed by atoms with Crippen LogP contribution in [0.25, 0.3) is 0 Å². The summed E-state index contributed by atoms with van der Waals surface area (Å²) >= 11 is 0. The highest BCUT2D eigenvalue weighted by molar-refractivity contribution is 5.13. The zero-order valence-electron chi connectivity index (χ0n) is 10.4. The third kappa shape index (κ3) is 4.29. The summed E-state index contributed by atoms with van der Waals surface area (Å²) in [7, 11) is 1.75. The van der Waals surface area contributed by atoms with Gasteiger partial charge in [-0.2, -0.15) is 0 Å². The van der Waals surface area contributed by atoms with Gasteiger partial charge in [-0.15, -0.1) is 0 Å². The van der Waals surface area contributed by atoms with E-state index in [1.165, 1.54) is 5.56 Å². The van der Waals surface area contributed by atoms with Crippen LogP contribution in [0, 0.1) is 5.92 Å². The maximum absolute atomic E-state index is 5.18. The fraction of sp³-hybridized carbons (Fsp3) is 0.615. The molecular formula is C13H22N2O. The Kier molecular flexibility index (Phi) is 6.04. The Labute approximate surface area is 98.2 Å². The Bertz CT molecular complexity index is 277. The van der Waals surface area contributed by atoms with Gasteiger partial charge in [0.2, 0.25) is 0 Å². The number of hydrogen-bond donors (Lipinski definition) is 1. The topological polar surface area (TPSA) is 34.1 Å². The predicted octanol–water partition coefficient (Wildman–Crippen LogP) is 2.40. The Morgan fingerprint density at radius 3 is 2.88 bits per heavy atom. The number of nitrogens with zero attached hydrogens (tertiary/aromatic N) is 1. The molecule has 0 radical (unpaired) electrons. The van der Waals surface area contributed by atoms with Crippen molar-refractivity contribution in [3.8, 4) is 0 Å². The zero-order valence-corrected chi connectivity index (χ0v) is 10.4. The van der Waals surface area contributed by atoms with E-state index in [1.807, 2.05) is 18.5 Å². The maximum atomic E-state index is 5.18. The van der Waals surface area contributed by atoms with Crippen LogP contribution >= 0.6 is 0 Å². The van der Waals surface area contributed by atoms with Crippen molar-refractivity contribution in [3.63, 3.8) is 0 Å². The highest BCUT2D eigenvalue weighted by Gasteiger charge is 2.14. The molecule has 2 atom stereocenters. The van der Waals surface area contributed by atoms with Crippen LogP contribution in [0.3, 0.4) is 0 Å². The van der Waals surface area contributed by atoms with Crippen molar-refractivity contribution in [3.05, 3.63) is 30.1 Å². The van der Waals surface area contributed by atoms with Crippen LogP contribution < -0.4 is 5.32 Å². The molecule has 1 heterocycles. The van der Waals surface area contributed by atoms with Gasteiger partial charge in [0.15, 0.2) is 0 Å². The van der Waals surface area contributed by atoms with E-state index >= 15 is 0 Å². The van der Waals surface area contributed by atoms with E-state index in [0.29, 0.717) is 12.0 Å². The molecular weight excluding hydrogens is 200 g/mol. The zero-order chi connectivity index (χ0) is 11.8. The number of ether oxygens (including phenoxy) is 1. The molecule has 0 aliphatic heterocycles. The van der Waals surface area contributed by atoms with Crippen LogP contribution in [0.1, 0.15) is 31.9 Å². The minimum atomic E-state index is 0.379. The Hall–Kier alpha value is -0.930. The number of nitrogens with one attached hydrogen (secondary N) is 1. The van der Waals surface area contributed by atoms with Crippen molar-refractivity contribution < 1.29 is 4.74 Å². The third-order valence-corrected chi connectivity index (χ3v) is 2.63. The van der Waals surface area contributed by atoms with Crippen molar-refractivity contribution in [2.24, 2.45) is 5.92 Å². The van der Waals surface area contributed by atoms with Gasteiger partial charge in [0.05, 0.1) is 0 Å². The van der Waals surface area contributed by atoms with Gasteiger partial charge in [-0.25, -0.2) is 0 Å². The average molecular weight is 222 g/mol. The highest BCUT2D eigenvalue weighted by atomic mass is 16.5. The van der Waals surface area contributed by atoms with Crippen LogP contribution in [0.4, 0.5) is 0 Å². The van der Waals surface area contributed by atoms with E-state index in [-0.39, 0.29) is 0 Å². The summed E-state index contributed by atoms with van der Waals surface area (Å²) in [5, 5.41) is 3.49. The Balaban J connectivity index is 2.60. The quantitative estimate of drug-likeness (QED) is 0.769. The maximum Gasteiger partial charge on any atom is 0.0488 e. The second-order valence-electron chi connectivity index (χ2n) is 4.19. The Morgan fingerprint density at radius 1 is 1.50 bits per heavy atom. The fourth-order valence-electron chi connectivity index (χ4n) is 1.92. The molecule has 0 aliphatic carbocycles. The minimum absolute atomic E-state index is 0.379. The van der Waals surface area contributed by atoms with E-state index in [2.05, 4.69) is 30.2 Å². The van der Waals surface area contributed by atoms with Gasteiger partial charge >= 0.3 is 0 Å². The normalized spacial score (nSPS) is 14.7. The summed E-state index contributed by atoms with van der Waals surface area (Å²) < 4.78 is 5.18. The van der Waals surface area contributed by atoms with E-state index in [9.17, 15) is 0 Å². The largest absolute Gasteiger partial charge is 0.384 e. The second-order valence-corrected chi connectivity index (χ2v) is 4.19. The summed E-state index contributed by atoms with van der Waals surface area (Å²) in [4.78, 5) is 4.17. The van der Waals surface area contributed by atoms with E-state index in [0.717, 1.165) is 19.6 Å². The lowest BCUT2D eigenvalue weighted by molar-refractivity contribution is 0.149. The number of methoxy groups -OCH3 is 1. The van der Waals surface area contributed by atoms with Crippen molar-refractivity contribution in [2.75, 3.05) is 20.3 Å². The van der Waals surface area contributed by atoms with E-state index < -0.39 is 0 Å². The molecule has 1 aromatic rings. The van der Waals surface area contributed by atoms with Gasteiger partial charge in [-0.05, 0) is 30.5 Å². The molecule has 3 nitrogen and oxygen atoms in total. The molecule has 0 saturated carbocycles. The molecule has 0 aliphatic rings. The predicted molar refractivity (Wildman–Crippen MR) is 66.3 cm³/mol. The summed E-state index contributed by atoms with van der Waals surface area (Å²) in [5.41, 5.74) is 1.26. The third-order valence-electron chi connectivity index (χ3n) is 2.63. The number of rotatable bonds is 7. The first-order valence-corrected chi connectivity index (χ1v) is 5.90. The van der Waals surface area contributed by atoms with Gasteiger partial charge in [0.25, 0.3) is 0 Å². The standard InChI is InChI=1S/C13H22N2O/c1-4-15-13(8-11(2)10-16-3)12-6-5-7-14-9-12/h5-7,9,11,13,15H,4,8,10H2,1-3H3. The number of hydrogen-bond acceptors (Lipinski definition) is 3. The van der Waals surface area contributed by atoms with Crippen molar-refractivity contribution in [1.82, 2.24) is 10.3 Å². The van der Waals surface area contributed by atoms with Gasteiger partial charge in [-0.1, -0.05) is 19.9 Å². The molecule has 1 rings (SSSR count). The molecule has 0 fully saturated rings. The molecule has 3 heteroatoms. The Morgan fingerprint density at radius 2 is 2.31 bits per heavy atom. The monoisotopic (exact) mass is 222 g/mol. The summed E-state index contributed by atoms with van der Waals surface area (Å²) in [6.07, 6.45) is 4.82. The summed E-state index contributed by atoms with van der Waals surface area (Å²) in [6.45, 7) is 6.12. The molecule has 0 bridgehead atoms. The van der Waals surface area contributed by atoms with Gasteiger partial charge in [-0.3, -0.25) is 4.98 Å². The van der Waals surface area contributed by atoms with Crippen LogP contribution in [-0.4, -0.2) is 25.2 Å². The minimum Gasteiger partial charge on any atom is -0.384 e. The van der Waals surface area contributed by atoms with Crippen LogP contribution in [0.5, 0.6) is 0 Å². The van der Waals surface area contributed by atoms with E-state index in [4.69, 9.17) is 4.74 Å². The molecule has 0 saturated heterocycles. The lowest BCUT2D eigenvalue weighted by Crippen LogP contribution is -2.24. The average Bonchev–Trinajstić information content (AvgIpc) is 2.30. The molecule has 1 N–H and O–H groups in total. The summed E-state index contributed by atoms with van der Waals surface area (Å²) in [6, 6.07) is 4.49. The molecule has 2 unspecified atom stereocenters. The highest BCUT2D eigenvalue weighted by Crippen LogP contribution is 2.20. The lowest BCUT2D eigenvalue weighted by Gasteiger charge is -2.21. The summed E-state index contributed by atoms with van der Waals surface area (Å²) in [5.74, 6) is 0.550. The molecule has 0 aromatic carbocycles. The molecule has 0 amide bonds. The smallest absolute Gasteiger partial charge is 0.0488 e. The molecule has 16 heavy (non-hydrogen) atoms. The van der Waals surface area contributed by atoms with Crippen LogP contribution in [0.2, 0.25) is 0 Å². The first-order chi connectivity index (χ1) is 7.77.